The molecule has 9 heteroatoms. The smallest absolute Gasteiger partial charge is 0.264 e. The van der Waals surface area contributed by atoms with Crippen molar-refractivity contribution in [1.29, 1.82) is 0 Å². The summed E-state index contributed by atoms with van der Waals surface area (Å²) in [6.07, 6.45) is 0.361. The fourth-order valence-electron chi connectivity index (χ4n) is 4.52. The summed E-state index contributed by atoms with van der Waals surface area (Å²) in [5, 5.41) is 2.95. The number of anilines is 1. The highest BCUT2D eigenvalue weighted by molar-refractivity contribution is 7.92. The zero-order chi connectivity index (χ0) is 31.0. The minimum Gasteiger partial charge on any atom is -0.497 e. The third-order valence-electron chi connectivity index (χ3n) is 7.25. The van der Waals surface area contributed by atoms with Gasteiger partial charge in [-0.2, -0.15) is 0 Å². The van der Waals surface area contributed by atoms with Crippen LogP contribution >= 0.6 is 0 Å². The van der Waals surface area contributed by atoms with E-state index in [-0.39, 0.29) is 23.3 Å². The number of methoxy groups -OCH3 is 1. The van der Waals surface area contributed by atoms with Crippen LogP contribution in [0.3, 0.4) is 0 Å². The Hall–Kier alpha value is -3.85. The van der Waals surface area contributed by atoms with Crippen LogP contribution in [0.1, 0.15) is 49.4 Å². The highest BCUT2D eigenvalue weighted by atomic mass is 32.2. The SMILES string of the molecule is CCC(C(=O)NCC(C)C)N(Cc1ccc(OC)cc1)C(=O)CN(c1ccc(C)c(C)c1)S(=O)(=O)c1ccc(C)cc1. The molecule has 0 aromatic heterocycles. The number of ether oxygens (including phenoxy) is 1. The molecule has 1 atom stereocenters. The molecule has 0 radical (unpaired) electrons. The molecule has 1 unspecified atom stereocenters. The van der Waals surface area contributed by atoms with Gasteiger partial charge < -0.3 is 15.0 Å². The number of amides is 2. The number of benzene rings is 3. The molecule has 3 aromatic carbocycles. The lowest BCUT2D eigenvalue weighted by molar-refractivity contribution is -0.140. The zero-order valence-corrected chi connectivity index (χ0v) is 26.5. The summed E-state index contributed by atoms with van der Waals surface area (Å²) < 4.78 is 34.5. The topological polar surface area (TPSA) is 96.0 Å². The van der Waals surface area contributed by atoms with Gasteiger partial charge in [0.25, 0.3) is 10.0 Å². The predicted molar refractivity (Wildman–Crippen MR) is 167 cm³/mol. The van der Waals surface area contributed by atoms with E-state index in [1.807, 2.05) is 59.7 Å². The Morgan fingerprint density at radius 2 is 1.55 bits per heavy atom. The Balaban J connectivity index is 2.06. The number of carbonyl (C=O) groups excluding carboxylic acids is 2. The summed E-state index contributed by atoms with van der Waals surface area (Å²) in [6.45, 7) is 11.7. The molecule has 42 heavy (non-hydrogen) atoms. The van der Waals surface area contributed by atoms with Crippen molar-refractivity contribution < 1.29 is 22.7 Å². The average molecular weight is 594 g/mol. The second-order valence-corrected chi connectivity index (χ2v) is 12.9. The van der Waals surface area contributed by atoms with E-state index in [9.17, 15) is 18.0 Å². The van der Waals surface area contributed by atoms with Crippen LogP contribution in [0.2, 0.25) is 0 Å². The van der Waals surface area contributed by atoms with E-state index in [1.54, 1.807) is 55.6 Å². The van der Waals surface area contributed by atoms with Gasteiger partial charge >= 0.3 is 0 Å². The zero-order valence-electron chi connectivity index (χ0n) is 25.7. The van der Waals surface area contributed by atoms with Gasteiger partial charge in [-0.15, -0.1) is 0 Å². The number of rotatable bonds is 13. The third kappa shape index (κ3) is 8.12. The van der Waals surface area contributed by atoms with Crippen LogP contribution in [0.15, 0.2) is 71.6 Å². The standard InChI is InChI=1S/C33H43N3O5S/c1-8-31(33(38)34-20-23(2)3)35(21-27-12-15-29(41-7)16-13-27)32(37)22-36(28-14-11-25(5)26(6)19-28)42(39,40)30-17-9-24(4)10-18-30/h9-19,23,31H,8,20-22H2,1-7H3,(H,34,38). The van der Waals surface area contributed by atoms with Gasteiger partial charge in [0.05, 0.1) is 17.7 Å². The van der Waals surface area contributed by atoms with E-state index in [2.05, 4.69) is 5.32 Å². The Labute approximate surface area is 250 Å². The van der Waals surface area contributed by atoms with Gasteiger partial charge in [0.15, 0.2) is 0 Å². The molecule has 1 N–H and O–H groups in total. The van der Waals surface area contributed by atoms with Crippen LogP contribution in [-0.2, 0) is 26.2 Å². The monoisotopic (exact) mass is 593 g/mol. The number of nitrogens with one attached hydrogen (secondary N) is 1. The number of hydrogen-bond donors (Lipinski definition) is 1. The fourth-order valence-corrected chi connectivity index (χ4v) is 5.92. The van der Waals surface area contributed by atoms with Crippen molar-refractivity contribution in [3.63, 3.8) is 0 Å². The van der Waals surface area contributed by atoms with Crippen LogP contribution in [0.4, 0.5) is 5.69 Å². The maximum absolute atomic E-state index is 14.2. The van der Waals surface area contributed by atoms with Gasteiger partial charge in [-0.25, -0.2) is 8.42 Å². The van der Waals surface area contributed by atoms with E-state index >= 15 is 0 Å². The number of carbonyl (C=O) groups is 2. The lowest BCUT2D eigenvalue weighted by Crippen LogP contribution is -2.52. The summed E-state index contributed by atoms with van der Waals surface area (Å²) in [7, 11) is -2.54. The first kappa shape index (κ1) is 32.7. The van der Waals surface area contributed by atoms with Crippen LogP contribution in [0, 0.1) is 26.7 Å². The molecular formula is C33H43N3O5S. The highest BCUT2D eigenvalue weighted by Gasteiger charge is 2.33. The molecule has 8 nitrogen and oxygen atoms in total. The van der Waals surface area contributed by atoms with Gasteiger partial charge in [-0.1, -0.05) is 56.7 Å². The molecule has 0 aliphatic carbocycles. The van der Waals surface area contributed by atoms with Crippen LogP contribution in [0.25, 0.3) is 0 Å². The summed E-state index contributed by atoms with van der Waals surface area (Å²) in [6, 6.07) is 18.4. The first-order chi connectivity index (χ1) is 19.9. The molecule has 0 aliphatic rings. The van der Waals surface area contributed by atoms with Gasteiger partial charge in [-0.05, 0) is 86.2 Å². The maximum Gasteiger partial charge on any atom is 0.264 e. The average Bonchev–Trinajstić information content (AvgIpc) is 2.96. The largest absolute Gasteiger partial charge is 0.497 e. The third-order valence-corrected chi connectivity index (χ3v) is 9.04. The second-order valence-electron chi connectivity index (χ2n) is 11.0. The maximum atomic E-state index is 14.2. The van der Waals surface area contributed by atoms with Crippen molar-refractivity contribution in [1.82, 2.24) is 10.2 Å². The minimum absolute atomic E-state index is 0.0857. The summed E-state index contributed by atoms with van der Waals surface area (Å²) in [5.41, 5.74) is 4.00. The first-order valence-electron chi connectivity index (χ1n) is 14.2. The van der Waals surface area contributed by atoms with E-state index in [0.717, 1.165) is 26.6 Å². The van der Waals surface area contributed by atoms with Crippen molar-refractivity contribution in [3.8, 4) is 5.75 Å². The van der Waals surface area contributed by atoms with Crippen molar-refractivity contribution in [2.24, 2.45) is 5.92 Å². The molecule has 0 fully saturated rings. The molecule has 2 amide bonds. The van der Waals surface area contributed by atoms with Gasteiger partial charge in [0.1, 0.15) is 18.3 Å². The van der Waals surface area contributed by atoms with Gasteiger partial charge in [-0.3, -0.25) is 13.9 Å². The predicted octanol–water partition coefficient (Wildman–Crippen LogP) is 5.40. The molecule has 0 heterocycles. The van der Waals surface area contributed by atoms with Crippen molar-refractivity contribution in [3.05, 3.63) is 89.0 Å². The minimum atomic E-state index is -4.12. The highest BCUT2D eigenvalue weighted by Crippen LogP contribution is 2.27. The van der Waals surface area contributed by atoms with Gasteiger partial charge in [0.2, 0.25) is 11.8 Å². The molecule has 3 rings (SSSR count). The van der Waals surface area contributed by atoms with E-state index in [4.69, 9.17) is 4.74 Å². The van der Waals surface area contributed by atoms with E-state index in [1.165, 1.54) is 4.90 Å². The molecule has 0 saturated carbocycles. The Morgan fingerprint density at radius 3 is 2.10 bits per heavy atom. The van der Waals surface area contributed by atoms with Crippen LogP contribution in [0.5, 0.6) is 5.75 Å². The van der Waals surface area contributed by atoms with Crippen molar-refractivity contribution >= 4 is 27.5 Å². The molecule has 226 valence electrons. The number of aryl methyl sites for hydroxylation is 3. The number of nitrogens with zero attached hydrogens (tertiary/aromatic N) is 2. The summed E-state index contributed by atoms with van der Waals surface area (Å²) in [4.78, 5) is 29.1. The molecule has 0 saturated heterocycles. The van der Waals surface area contributed by atoms with E-state index in [0.29, 0.717) is 24.4 Å². The van der Waals surface area contributed by atoms with Crippen LogP contribution in [-0.4, -0.2) is 51.4 Å². The lowest BCUT2D eigenvalue weighted by Gasteiger charge is -2.33. The molecule has 0 spiro atoms. The summed E-state index contributed by atoms with van der Waals surface area (Å²) >= 11 is 0. The van der Waals surface area contributed by atoms with E-state index < -0.39 is 28.5 Å². The number of sulfonamides is 1. The van der Waals surface area contributed by atoms with Gasteiger partial charge in [0, 0.05) is 13.1 Å². The first-order valence-corrected chi connectivity index (χ1v) is 15.7. The lowest BCUT2D eigenvalue weighted by atomic mass is 10.1. The molecular weight excluding hydrogens is 550 g/mol. The Kier molecular flexibility index (Phi) is 11.2. The van der Waals surface area contributed by atoms with Crippen LogP contribution < -0.4 is 14.4 Å². The van der Waals surface area contributed by atoms with Crippen molar-refractivity contribution in [2.75, 3.05) is 24.5 Å². The second kappa shape index (κ2) is 14.4. The summed E-state index contributed by atoms with van der Waals surface area (Å²) in [5.74, 6) is 0.152. The molecule has 0 aliphatic heterocycles. The number of hydrogen-bond acceptors (Lipinski definition) is 5. The fraction of sp³-hybridized carbons (Fsp3) is 0.394. The normalized spacial score (nSPS) is 12.1. The Morgan fingerprint density at radius 1 is 0.905 bits per heavy atom. The quantitative estimate of drug-likeness (QED) is 0.287. The van der Waals surface area contributed by atoms with Crippen molar-refractivity contribution in [2.45, 2.75) is 65.4 Å². The molecule has 3 aromatic rings. The Bertz CT molecular complexity index is 1470. The molecule has 0 bridgehead atoms.